The second kappa shape index (κ2) is 10.2. The average Bonchev–Trinajstić information content (AvgIpc) is 3.47. The third kappa shape index (κ3) is 5.21. The van der Waals surface area contributed by atoms with Crippen molar-refractivity contribution in [1.29, 1.82) is 0 Å². The maximum atomic E-state index is 13.2. The molecule has 180 valence electrons. The summed E-state index contributed by atoms with van der Waals surface area (Å²) in [4.78, 5) is 29.9. The van der Waals surface area contributed by atoms with Gasteiger partial charge in [-0.25, -0.2) is 0 Å². The Morgan fingerprint density at radius 2 is 1.88 bits per heavy atom. The average molecular weight is 463 g/mol. The number of piperidine rings is 1. The number of nitrogens with zero attached hydrogens (tertiary/aromatic N) is 6. The van der Waals surface area contributed by atoms with Crippen LogP contribution in [0.2, 0.25) is 0 Å². The van der Waals surface area contributed by atoms with Crippen LogP contribution in [0.15, 0.2) is 48.8 Å². The number of amides is 2. The Kier molecular flexibility index (Phi) is 7.14. The lowest BCUT2D eigenvalue weighted by molar-refractivity contribution is -0.134. The fourth-order valence-corrected chi connectivity index (χ4v) is 4.83. The van der Waals surface area contributed by atoms with Gasteiger partial charge in [-0.15, -0.1) is 0 Å². The van der Waals surface area contributed by atoms with E-state index in [0.717, 1.165) is 25.0 Å². The number of aromatic nitrogens is 4. The van der Waals surface area contributed by atoms with E-state index in [1.807, 2.05) is 55.2 Å². The molecule has 1 unspecified atom stereocenters. The second-order valence-corrected chi connectivity index (χ2v) is 9.33. The second-order valence-electron chi connectivity index (χ2n) is 9.33. The molecule has 1 aliphatic rings. The predicted octanol–water partition coefficient (Wildman–Crippen LogP) is 2.86. The largest absolute Gasteiger partial charge is 0.341 e. The van der Waals surface area contributed by atoms with E-state index in [0.29, 0.717) is 24.7 Å². The zero-order valence-corrected chi connectivity index (χ0v) is 20.5. The third-order valence-electron chi connectivity index (χ3n) is 7.14. The minimum atomic E-state index is -0.0132. The van der Waals surface area contributed by atoms with Crippen LogP contribution in [0.3, 0.4) is 0 Å². The Morgan fingerprint density at radius 1 is 1.15 bits per heavy atom. The van der Waals surface area contributed by atoms with Gasteiger partial charge in [0.1, 0.15) is 6.54 Å². The van der Waals surface area contributed by atoms with Crippen molar-refractivity contribution >= 4 is 11.8 Å². The molecule has 0 N–H and O–H groups in total. The van der Waals surface area contributed by atoms with E-state index in [4.69, 9.17) is 0 Å². The molecule has 8 heteroatoms. The van der Waals surface area contributed by atoms with E-state index < -0.39 is 0 Å². The zero-order valence-electron chi connectivity index (χ0n) is 20.5. The van der Waals surface area contributed by atoms with Crippen LogP contribution in [-0.2, 0) is 24.8 Å². The van der Waals surface area contributed by atoms with E-state index in [9.17, 15) is 9.59 Å². The van der Waals surface area contributed by atoms with Crippen LogP contribution in [-0.4, -0.2) is 67.4 Å². The molecule has 4 rings (SSSR count). The van der Waals surface area contributed by atoms with Crippen molar-refractivity contribution < 1.29 is 9.59 Å². The zero-order chi connectivity index (χ0) is 24.2. The Bertz CT molecular complexity index is 1110. The fraction of sp³-hybridized carbons (Fsp3) is 0.462. The maximum absolute atomic E-state index is 13.2. The number of hydrogen-bond acceptors (Lipinski definition) is 4. The van der Waals surface area contributed by atoms with Gasteiger partial charge in [0, 0.05) is 51.3 Å². The Morgan fingerprint density at radius 3 is 2.50 bits per heavy atom. The highest BCUT2D eigenvalue weighted by Crippen LogP contribution is 2.28. The number of likely N-dealkylation sites (tertiary alicyclic amines) is 1. The van der Waals surface area contributed by atoms with E-state index in [2.05, 4.69) is 35.3 Å². The molecule has 1 saturated heterocycles. The standard InChI is InChI=1S/C26H34N6O2/c1-19-8-5-6-9-22(19)17-24(29(3)25(33)18-32-13-7-12-27-32)21-10-14-31(15-11-21)26(34)23-16-20(2)30(4)28-23/h5-9,12-13,16,21,24H,10-11,14-15,17-18H2,1-4H3. The predicted molar refractivity (Wildman–Crippen MR) is 130 cm³/mol. The Labute approximate surface area is 201 Å². The highest BCUT2D eigenvalue weighted by atomic mass is 16.2. The molecule has 1 fully saturated rings. The molecule has 1 aliphatic heterocycles. The van der Waals surface area contributed by atoms with Gasteiger partial charge in [0.25, 0.3) is 5.91 Å². The van der Waals surface area contributed by atoms with Crippen molar-refractivity contribution in [3.8, 4) is 0 Å². The van der Waals surface area contributed by atoms with E-state index in [1.165, 1.54) is 11.1 Å². The van der Waals surface area contributed by atoms with Gasteiger partial charge in [-0.05, 0) is 62.3 Å². The van der Waals surface area contributed by atoms with Gasteiger partial charge in [0.05, 0.1) is 0 Å². The molecule has 2 aromatic heterocycles. The van der Waals surface area contributed by atoms with Crippen molar-refractivity contribution in [2.45, 2.75) is 45.7 Å². The normalized spacial score (nSPS) is 15.4. The lowest BCUT2D eigenvalue weighted by Crippen LogP contribution is -2.49. The smallest absolute Gasteiger partial charge is 0.274 e. The molecule has 1 atom stereocenters. The molecule has 34 heavy (non-hydrogen) atoms. The van der Waals surface area contributed by atoms with Crippen LogP contribution in [0, 0.1) is 19.8 Å². The van der Waals surface area contributed by atoms with Crippen molar-refractivity contribution in [2.75, 3.05) is 20.1 Å². The van der Waals surface area contributed by atoms with E-state index in [-0.39, 0.29) is 24.4 Å². The number of rotatable bonds is 7. The lowest BCUT2D eigenvalue weighted by atomic mass is 9.84. The number of benzene rings is 1. The van der Waals surface area contributed by atoms with Crippen LogP contribution in [0.25, 0.3) is 0 Å². The summed E-state index contributed by atoms with van der Waals surface area (Å²) in [6.45, 7) is 5.63. The number of aryl methyl sites for hydroxylation is 3. The molecular formula is C26H34N6O2. The minimum absolute atomic E-state index is 0.0132. The number of hydrogen-bond donors (Lipinski definition) is 0. The SMILES string of the molecule is Cc1ccccc1CC(C1CCN(C(=O)c2cc(C)n(C)n2)CC1)N(C)C(=O)Cn1cccn1. The summed E-state index contributed by atoms with van der Waals surface area (Å²) < 4.78 is 3.40. The summed E-state index contributed by atoms with van der Waals surface area (Å²) in [6, 6.07) is 12.1. The molecule has 8 nitrogen and oxygen atoms in total. The van der Waals surface area contributed by atoms with Crippen LogP contribution in [0.5, 0.6) is 0 Å². The van der Waals surface area contributed by atoms with Gasteiger partial charge < -0.3 is 9.80 Å². The van der Waals surface area contributed by atoms with Gasteiger partial charge in [0.15, 0.2) is 5.69 Å². The molecule has 3 aromatic rings. The Hall–Kier alpha value is -3.42. The van der Waals surface area contributed by atoms with Gasteiger partial charge >= 0.3 is 0 Å². The van der Waals surface area contributed by atoms with Gasteiger partial charge in [0.2, 0.25) is 5.91 Å². The van der Waals surface area contributed by atoms with Crippen LogP contribution in [0.4, 0.5) is 0 Å². The number of carbonyl (C=O) groups excluding carboxylic acids is 2. The molecule has 0 bridgehead atoms. The third-order valence-corrected chi connectivity index (χ3v) is 7.14. The first-order valence-electron chi connectivity index (χ1n) is 11.9. The molecule has 3 heterocycles. The fourth-order valence-electron chi connectivity index (χ4n) is 4.83. The van der Waals surface area contributed by atoms with Crippen LogP contribution >= 0.6 is 0 Å². The van der Waals surface area contributed by atoms with E-state index in [1.54, 1.807) is 15.6 Å². The monoisotopic (exact) mass is 462 g/mol. The molecule has 0 spiro atoms. The number of likely N-dealkylation sites (N-methyl/N-ethyl adjacent to an activating group) is 1. The first-order valence-corrected chi connectivity index (χ1v) is 11.9. The quantitative estimate of drug-likeness (QED) is 0.541. The maximum Gasteiger partial charge on any atom is 0.274 e. The molecule has 2 amide bonds. The van der Waals surface area contributed by atoms with Gasteiger partial charge in [-0.3, -0.25) is 19.0 Å². The highest BCUT2D eigenvalue weighted by Gasteiger charge is 2.33. The topological polar surface area (TPSA) is 76.3 Å². The summed E-state index contributed by atoms with van der Waals surface area (Å²) in [5, 5.41) is 8.55. The summed E-state index contributed by atoms with van der Waals surface area (Å²) >= 11 is 0. The lowest BCUT2D eigenvalue weighted by Gasteiger charge is -2.40. The van der Waals surface area contributed by atoms with Crippen molar-refractivity contribution in [1.82, 2.24) is 29.4 Å². The summed E-state index contributed by atoms with van der Waals surface area (Å²) in [5.74, 6) is 0.339. The van der Waals surface area contributed by atoms with Crippen molar-refractivity contribution in [3.63, 3.8) is 0 Å². The highest BCUT2D eigenvalue weighted by molar-refractivity contribution is 5.92. The summed E-state index contributed by atoms with van der Waals surface area (Å²) in [6.07, 6.45) is 6.01. The van der Waals surface area contributed by atoms with Gasteiger partial charge in [-0.1, -0.05) is 24.3 Å². The first-order chi connectivity index (χ1) is 16.3. The molecule has 0 aliphatic carbocycles. The van der Waals surface area contributed by atoms with Crippen LogP contribution < -0.4 is 0 Å². The van der Waals surface area contributed by atoms with E-state index >= 15 is 0 Å². The minimum Gasteiger partial charge on any atom is -0.341 e. The van der Waals surface area contributed by atoms with Crippen LogP contribution in [0.1, 0.15) is 40.2 Å². The first kappa shape index (κ1) is 23.7. The summed E-state index contributed by atoms with van der Waals surface area (Å²) in [7, 11) is 3.76. The molecule has 0 radical (unpaired) electrons. The van der Waals surface area contributed by atoms with Crippen molar-refractivity contribution in [2.24, 2.45) is 13.0 Å². The molecule has 1 aromatic carbocycles. The van der Waals surface area contributed by atoms with Gasteiger partial charge in [-0.2, -0.15) is 10.2 Å². The van der Waals surface area contributed by atoms with Crippen molar-refractivity contribution in [3.05, 3.63) is 71.3 Å². The summed E-state index contributed by atoms with van der Waals surface area (Å²) in [5.41, 5.74) is 3.96. The molecule has 0 saturated carbocycles. The number of carbonyl (C=O) groups is 2. The Balaban J connectivity index is 1.48. The molecular weight excluding hydrogens is 428 g/mol.